The van der Waals surface area contributed by atoms with E-state index in [4.69, 9.17) is 4.52 Å². The minimum absolute atomic E-state index is 0.00287. The summed E-state index contributed by atoms with van der Waals surface area (Å²) in [5, 5.41) is 7.00. The van der Waals surface area contributed by atoms with Crippen LogP contribution in [0, 0.1) is 13.8 Å². The molecule has 0 fully saturated rings. The molecule has 1 amide bonds. The Morgan fingerprint density at radius 1 is 1.30 bits per heavy atom. The van der Waals surface area contributed by atoms with E-state index in [2.05, 4.69) is 17.4 Å². The summed E-state index contributed by atoms with van der Waals surface area (Å²) in [5.74, 6) is 0.918. The van der Waals surface area contributed by atoms with Crippen LogP contribution in [0.1, 0.15) is 42.7 Å². The van der Waals surface area contributed by atoms with Gasteiger partial charge in [-0.1, -0.05) is 30.3 Å². The Kier molecular flexibility index (Phi) is 4.56. The summed E-state index contributed by atoms with van der Waals surface area (Å²) in [6.45, 7) is 5.94. The van der Waals surface area contributed by atoms with Crippen molar-refractivity contribution in [3.63, 3.8) is 0 Å². The Hall–Kier alpha value is -2.10. The summed E-state index contributed by atoms with van der Waals surface area (Å²) in [6, 6.07) is 9.48. The van der Waals surface area contributed by atoms with E-state index in [1.165, 1.54) is 0 Å². The van der Waals surface area contributed by atoms with E-state index < -0.39 is 0 Å². The predicted molar refractivity (Wildman–Crippen MR) is 78.7 cm³/mol. The molecular weight excluding hydrogens is 252 g/mol. The Morgan fingerprint density at radius 2 is 2.00 bits per heavy atom. The van der Waals surface area contributed by atoms with Gasteiger partial charge in [-0.3, -0.25) is 4.79 Å². The number of carbonyl (C=O) groups excluding carboxylic acids is 1. The van der Waals surface area contributed by atoms with Gasteiger partial charge in [0.2, 0.25) is 5.91 Å². The molecule has 0 aliphatic heterocycles. The van der Waals surface area contributed by atoms with Gasteiger partial charge >= 0.3 is 0 Å². The van der Waals surface area contributed by atoms with Crippen molar-refractivity contribution >= 4 is 11.6 Å². The minimum Gasteiger partial charge on any atom is -0.361 e. The number of nitrogens with zero attached hydrogens (tertiary/aromatic N) is 1. The van der Waals surface area contributed by atoms with E-state index in [-0.39, 0.29) is 11.8 Å². The van der Waals surface area contributed by atoms with Crippen molar-refractivity contribution in [2.75, 3.05) is 5.32 Å². The molecule has 1 N–H and O–H groups in total. The average Bonchev–Trinajstić information content (AvgIpc) is 2.78. The van der Waals surface area contributed by atoms with Crippen molar-refractivity contribution in [1.29, 1.82) is 0 Å². The summed E-state index contributed by atoms with van der Waals surface area (Å²) in [5.41, 5.74) is 2.76. The highest BCUT2D eigenvalue weighted by Gasteiger charge is 2.21. The van der Waals surface area contributed by atoms with E-state index in [9.17, 15) is 4.79 Å². The fourth-order valence-corrected chi connectivity index (χ4v) is 2.21. The molecule has 0 spiro atoms. The highest BCUT2D eigenvalue weighted by atomic mass is 16.5. The van der Waals surface area contributed by atoms with Crippen molar-refractivity contribution in [3.05, 3.63) is 47.3 Å². The van der Waals surface area contributed by atoms with Crippen LogP contribution in [0.5, 0.6) is 0 Å². The van der Waals surface area contributed by atoms with Gasteiger partial charge in [0.1, 0.15) is 5.76 Å². The average molecular weight is 272 g/mol. The van der Waals surface area contributed by atoms with E-state index in [1.54, 1.807) is 0 Å². The largest absolute Gasteiger partial charge is 0.361 e. The molecule has 0 aliphatic carbocycles. The lowest BCUT2D eigenvalue weighted by atomic mass is 9.95. The predicted octanol–water partition coefficient (Wildman–Crippen LogP) is 3.81. The van der Waals surface area contributed by atoms with Crippen molar-refractivity contribution < 1.29 is 9.32 Å². The van der Waals surface area contributed by atoms with Gasteiger partial charge in [0.15, 0.2) is 0 Å². The fourth-order valence-electron chi connectivity index (χ4n) is 2.21. The third-order valence-corrected chi connectivity index (χ3v) is 3.56. The second kappa shape index (κ2) is 6.37. The van der Waals surface area contributed by atoms with Crippen LogP contribution in [0.15, 0.2) is 34.9 Å². The van der Waals surface area contributed by atoms with Crippen molar-refractivity contribution in [1.82, 2.24) is 5.16 Å². The van der Waals surface area contributed by atoms with Crippen LogP contribution < -0.4 is 5.32 Å². The number of amides is 1. The third kappa shape index (κ3) is 3.26. The molecule has 1 aromatic heterocycles. The number of aromatic nitrogens is 1. The van der Waals surface area contributed by atoms with Crippen molar-refractivity contribution in [2.45, 2.75) is 39.5 Å². The molecule has 0 saturated heterocycles. The number of para-hydroxylation sites is 1. The Balaban J connectivity index is 2.03. The van der Waals surface area contributed by atoms with E-state index in [0.29, 0.717) is 6.42 Å². The number of nitrogens with one attached hydrogen (secondary N) is 1. The van der Waals surface area contributed by atoms with Crippen LogP contribution in [0.2, 0.25) is 0 Å². The van der Waals surface area contributed by atoms with Gasteiger partial charge in [0, 0.05) is 23.6 Å². The van der Waals surface area contributed by atoms with Gasteiger partial charge in [0.25, 0.3) is 0 Å². The molecule has 2 aromatic rings. The molecule has 1 atom stereocenters. The molecule has 4 nitrogen and oxygen atoms in total. The number of anilines is 1. The number of aryl methyl sites for hydroxylation is 1. The molecule has 0 radical (unpaired) electrons. The number of hydrogen-bond donors (Lipinski definition) is 1. The van der Waals surface area contributed by atoms with Gasteiger partial charge in [-0.15, -0.1) is 0 Å². The first-order valence-electron chi connectivity index (χ1n) is 6.89. The summed E-state index contributed by atoms with van der Waals surface area (Å²) in [4.78, 5) is 12.1. The first-order valence-corrected chi connectivity index (χ1v) is 6.89. The lowest BCUT2D eigenvalue weighted by Crippen LogP contribution is -2.16. The van der Waals surface area contributed by atoms with Crippen LogP contribution in [-0.2, 0) is 4.79 Å². The Labute approximate surface area is 119 Å². The molecule has 0 bridgehead atoms. The molecule has 1 heterocycles. The molecule has 4 heteroatoms. The van der Waals surface area contributed by atoms with Crippen LogP contribution in [0.3, 0.4) is 0 Å². The monoisotopic (exact) mass is 272 g/mol. The second-order valence-corrected chi connectivity index (χ2v) is 4.97. The lowest BCUT2D eigenvalue weighted by molar-refractivity contribution is -0.116. The summed E-state index contributed by atoms with van der Waals surface area (Å²) < 4.78 is 5.20. The molecule has 20 heavy (non-hydrogen) atoms. The topological polar surface area (TPSA) is 55.1 Å². The lowest BCUT2D eigenvalue weighted by Gasteiger charge is -2.13. The first kappa shape index (κ1) is 14.3. The van der Waals surface area contributed by atoms with Gasteiger partial charge in [-0.2, -0.15) is 0 Å². The van der Waals surface area contributed by atoms with Crippen LogP contribution in [0.25, 0.3) is 0 Å². The van der Waals surface area contributed by atoms with Crippen LogP contribution >= 0.6 is 0 Å². The van der Waals surface area contributed by atoms with Crippen molar-refractivity contribution in [3.8, 4) is 0 Å². The first-order chi connectivity index (χ1) is 9.61. The maximum absolute atomic E-state index is 12.1. The fraction of sp³-hybridized carbons (Fsp3) is 0.375. The highest BCUT2D eigenvalue weighted by Crippen LogP contribution is 2.27. The van der Waals surface area contributed by atoms with Crippen molar-refractivity contribution in [2.24, 2.45) is 0 Å². The van der Waals surface area contributed by atoms with Gasteiger partial charge in [-0.05, 0) is 32.4 Å². The molecule has 0 saturated carbocycles. The maximum Gasteiger partial charge on any atom is 0.225 e. The molecule has 1 aromatic carbocycles. The molecule has 0 aliphatic rings. The second-order valence-electron chi connectivity index (χ2n) is 4.97. The van der Waals surface area contributed by atoms with E-state index in [0.717, 1.165) is 29.1 Å². The van der Waals surface area contributed by atoms with Gasteiger partial charge in [0.05, 0.1) is 5.69 Å². The quantitative estimate of drug-likeness (QED) is 0.900. The number of rotatable bonds is 5. The maximum atomic E-state index is 12.1. The van der Waals surface area contributed by atoms with E-state index >= 15 is 0 Å². The standard InChI is InChI=1S/C16H20N2O2/c1-4-13(16-11(2)12(3)20-18-16)10-15(19)17-14-8-6-5-7-9-14/h5-9,13H,4,10H2,1-3H3,(H,17,19)/t13-/m0/s1. The number of benzene rings is 1. The summed E-state index contributed by atoms with van der Waals surface area (Å²) in [7, 11) is 0. The summed E-state index contributed by atoms with van der Waals surface area (Å²) >= 11 is 0. The Morgan fingerprint density at radius 3 is 2.55 bits per heavy atom. The smallest absolute Gasteiger partial charge is 0.225 e. The zero-order valence-electron chi connectivity index (χ0n) is 12.1. The summed E-state index contributed by atoms with van der Waals surface area (Å²) in [6.07, 6.45) is 1.27. The zero-order chi connectivity index (χ0) is 14.5. The highest BCUT2D eigenvalue weighted by molar-refractivity contribution is 5.91. The van der Waals surface area contributed by atoms with Gasteiger partial charge in [-0.25, -0.2) is 0 Å². The molecule has 0 unspecified atom stereocenters. The zero-order valence-corrected chi connectivity index (χ0v) is 12.1. The van der Waals surface area contributed by atoms with E-state index in [1.807, 2.05) is 44.2 Å². The SMILES string of the molecule is CC[C@@H](CC(=O)Nc1ccccc1)c1noc(C)c1C. The normalized spacial score (nSPS) is 12.2. The molecular formula is C16H20N2O2. The molecule has 2 rings (SSSR count). The number of hydrogen-bond acceptors (Lipinski definition) is 3. The Bertz CT molecular complexity index is 575. The minimum atomic E-state index is 0.00287. The van der Waals surface area contributed by atoms with Gasteiger partial charge < -0.3 is 9.84 Å². The van der Waals surface area contributed by atoms with Crippen LogP contribution in [-0.4, -0.2) is 11.1 Å². The van der Waals surface area contributed by atoms with Crippen LogP contribution in [0.4, 0.5) is 5.69 Å². The number of carbonyl (C=O) groups is 1. The third-order valence-electron chi connectivity index (χ3n) is 3.56. The molecule has 106 valence electrons.